The van der Waals surface area contributed by atoms with Crippen molar-refractivity contribution in [1.82, 2.24) is 0 Å². The second-order valence-corrected chi connectivity index (χ2v) is 6.74. The van der Waals surface area contributed by atoms with E-state index >= 15 is 0 Å². The monoisotopic (exact) mass is 372 g/mol. The first kappa shape index (κ1) is 15.0. The van der Waals surface area contributed by atoms with Crippen molar-refractivity contribution in [3.8, 4) is 20.9 Å². The Kier molecular flexibility index (Phi) is 4.41. The van der Waals surface area contributed by atoms with Crippen molar-refractivity contribution in [3.63, 3.8) is 0 Å². The van der Waals surface area contributed by atoms with Gasteiger partial charge in [0.2, 0.25) is 0 Å². The molecule has 0 atom stereocenters. The Hall–Kier alpha value is -1.91. The van der Waals surface area contributed by atoms with Crippen LogP contribution >= 0.6 is 27.3 Å². The lowest BCUT2D eigenvalue weighted by molar-refractivity contribution is 0.0601. The molecule has 0 bridgehead atoms. The number of benzene rings is 2. The topological polar surface area (TPSA) is 26.3 Å². The summed E-state index contributed by atoms with van der Waals surface area (Å²) in [6.07, 6.45) is 0. The van der Waals surface area contributed by atoms with Crippen molar-refractivity contribution < 1.29 is 9.53 Å². The van der Waals surface area contributed by atoms with Crippen LogP contribution < -0.4 is 0 Å². The van der Waals surface area contributed by atoms with Crippen molar-refractivity contribution in [2.45, 2.75) is 0 Å². The maximum absolute atomic E-state index is 11.5. The van der Waals surface area contributed by atoms with Crippen LogP contribution in [0.5, 0.6) is 0 Å². The smallest absolute Gasteiger partial charge is 0.337 e. The van der Waals surface area contributed by atoms with Crippen LogP contribution in [-0.4, -0.2) is 13.1 Å². The summed E-state index contributed by atoms with van der Waals surface area (Å²) in [5.74, 6) is -0.312. The van der Waals surface area contributed by atoms with E-state index in [0.29, 0.717) is 5.56 Å². The number of carbonyl (C=O) groups excluding carboxylic acids is 1. The number of ether oxygens (including phenoxy) is 1. The zero-order chi connectivity index (χ0) is 15.5. The first-order chi connectivity index (χ1) is 10.7. The second kappa shape index (κ2) is 6.46. The van der Waals surface area contributed by atoms with Crippen LogP contribution in [0.25, 0.3) is 20.9 Å². The zero-order valence-electron chi connectivity index (χ0n) is 11.9. The summed E-state index contributed by atoms with van der Waals surface area (Å²) in [6.45, 7) is 0. The minimum Gasteiger partial charge on any atom is -0.465 e. The Morgan fingerprint density at radius 1 is 0.864 bits per heavy atom. The van der Waals surface area contributed by atoms with Crippen molar-refractivity contribution in [3.05, 3.63) is 70.7 Å². The van der Waals surface area contributed by atoms with Crippen LogP contribution in [0.15, 0.2) is 65.1 Å². The molecule has 0 saturated carbocycles. The van der Waals surface area contributed by atoms with E-state index in [1.165, 1.54) is 22.4 Å². The normalized spacial score (nSPS) is 10.5. The van der Waals surface area contributed by atoms with E-state index in [0.717, 1.165) is 10.0 Å². The summed E-state index contributed by atoms with van der Waals surface area (Å²) >= 11 is 5.18. The number of thiophene rings is 1. The molecule has 0 spiro atoms. The lowest BCUT2D eigenvalue weighted by Gasteiger charge is -2.01. The van der Waals surface area contributed by atoms with Gasteiger partial charge >= 0.3 is 5.97 Å². The Morgan fingerprint density at radius 3 is 1.86 bits per heavy atom. The molecule has 0 amide bonds. The standard InChI is InChI=1S/C18H13BrO2S/c1-21-18(20)14-4-2-12(3-5-14)16-10-11-17(22-16)13-6-8-15(19)9-7-13/h2-11H,1H3. The molecule has 2 nitrogen and oxygen atoms in total. The lowest BCUT2D eigenvalue weighted by Crippen LogP contribution is -2.00. The Bertz CT molecular complexity index is 789. The Balaban J connectivity index is 1.87. The van der Waals surface area contributed by atoms with E-state index < -0.39 is 0 Å². The van der Waals surface area contributed by atoms with Crippen molar-refractivity contribution in [1.29, 1.82) is 0 Å². The van der Waals surface area contributed by atoms with Gasteiger partial charge in [0.25, 0.3) is 0 Å². The second-order valence-electron chi connectivity index (χ2n) is 4.74. The molecule has 110 valence electrons. The molecule has 2 aromatic carbocycles. The molecular weight excluding hydrogens is 360 g/mol. The van der Waals surface area contributed by atoms with Crippen molar-refractivity contribution >= 4 is 33.2 Å². The van der Waals surface area contributed by atoms with Gasteiger partial charge in [0.1, 0.15) is 0 Å². The van der Waals surface area contributed by atoms with Crippen LogP contribution in [0.4, 0.5) is 0 Å². The van der Waals surface area contributed by atoms with E-state index in [1.54, 1.807) is 23.5 Å². The van der Waals surface area contributed by atoms with Gasteiger partial charge in [0.05, 0.1) is 12.7 Å². The molecule has 0 aliphatic heterocycles. The number of hydrogen-bond acceptors (Lipinski definition) is 3. The Labute approximate surface area is 141 Å². The predicted octanol–water partition coefficient (Wildman–Crippen LogP) is 5.63. The SMILES string of the molecule is COC(=O)c1ccc(-c2ccc(-c3ccc(Br)cc3)s2)cc1. The molecule has 3 rings (SSSR count). The molecule has 0 radical (unpaired) electrons. The highest BCUT2D eigenvalue weighted by atomic mass is 79.9. The lowest BCUT2D eigenvalue weighted by atomic mass is 10.1. The molecule has 0 aliphatic carbocycles. The number of hydrogen-bond donors (Lipinski definition) is 0. The van der Waals surface area contributed by atoms with Gasteiger partial charge < -0.3 is 4.74 Å². The van der Waals surface area contributed by atoms with Gasteiger partial charge in [-0.3, -0.25) is 0 Å². The van der Waals surface area contributed by atoms with Crippen LogP contribution in [-0.2, 0) is 4.74 Å². The number of halogens is 1. The van der Waals surface area contributed by atoms with Gasteiger partial charge in [0.15, 0.2) is 0 Å². The largest absolute Gasteiger partial charge is 0.465 e. The summed E-state index contributed by atoms with van der Waals surface area (Å²) in [7, 11) is 1.39. The van der Waals surface area contributed by atoms with E-state index in [9.17, 15) is 4.79 Å². The van der Waals surface area contributed by atoms with Gasteiger partial charge in [-0.2, -0.15) is 0 Å². The fraction of sp³-hybridized carbons (Fsp3) is 0.0556. The van der Waals surface area contributed by atoms with Gasteiger partial charge in [-0.25, -0.2) is 4.79 Å². The molecule has 0 aliphatic rings. The average Bonchev–Trinajstić information content (AvgIpc) is 3.05. The molecule has 0 unspecified atom stereocenters. The van der Waals surface area contributed by atoms with Crippen molar-refractivity contribution in [2.75, 3.05) is 7.11 Å². The van der Waals surface area contributed by atoms with E-state index in [2.05, 4.69) is 40.2 Å². The predicted molar refractivity (Wildman–Crippen MR) is 94.2 cm³/mol. The van der Waals surface area contributed by atoms with E-state index in [1.807, 2.05) is 24.3 Å². The summed E-state index contributed by atoms with van der Waals surface area (Å²) in [4.78, 5) is 13.9. The van der Waals surface area contributed by atoms with Gasteiger partial charge in [0, 0.05) is 14.2 Å². The Morgan fingerprint density at radius 2 is 1.36 bits per heavy atom. The molecule has 0 saturated heterocycles. The molecule has 1 aromatic heterocycles. The summed E-state index contributed by atoms with van der Waals surface area (Å²) in [5, 5.41) is 0. The third-order valence-electron chi connectivity index (χ3n) is 3.33. The van der Waals surface area contributed by atoms with Gasteiger partial charge in [-0.05, 0) is 47.5 Å². The fourth-order valence-electron chi connectivity index (χ4n) is 2.15. The van der Waals surface area contributed by atoms with Gasteiger partial charge in [-0.15, -0.1) is 11.3 Å². The number of rotatable bonds is 3. The van der Waals surface area contributed by atoms with Crippen LogP contribution in [0.1, 0.15) is 10.4 Å². The average molecular weight is 373 g/mol. The molecule has 0 N–H and O–H groups in total. The molecular formula is C18H13BrO2S. The number of carbonyl (C=O) groups is 1. The van der Waals surface area contributed by atoms with Crippen LogP contribution in [0.3, 0.4) is 0 Å². The highest BCUT2D eigenvalue weighted by Gasteiger charge is 2.08. The first-order valence-electron chi connectivity index (χ1n) is 6.72. The van der Waals surface area contributed by atoms with Crippen LogP contribution in [0, 0.1) is 0 Å². The number of methoxy groups -OCH3 is 1. The molecule has 22 heavy (non-hydrogen) atoms. The zero-order valence-corrected chi connectivity index (χ0v) is 14.3. The molecule has 0 fully saturated rings. The number of esters is 1. The summed E-state index contributed by atoms with van der Waals surface area (Å²) in [5.41, 5.74) is 2.86. The quantitative estimate of drug-likeness (QED) is 0.556. The van der Waals surface area contributed by atoms with Crippen molar-refractivity contribution in [2.24, 2.45) is 0 Å². The van der Waals surface area contributed by atoms with Crippen LogP contribution in [0.2, 0.25) is 0 Å². The van der Waals surface area contributed by atoms with Gasteiger partial charge in [-0.1, -0.05) is 40.2 Å². The summed E-state index contributed by atoms with van der Waals surface area (Å²) in [6, 6.07) is 20.0. The third-order valence-corrected chi connectivity index (χ3v) is 5.04. The highest BCUT2D eigenvalue weighted by Crippen LogP contribution is 2.34. The minimum absolute atomic E-state index is 0.312. The molecule has 1 heterocycles. The highest BCUT2D eigenvalue weighted by molar-refractivity contribution is 9.10. The third kappa shape index (κ3) is 3.13. The fourth-order valence-corrected chi connectivity index (χ4v) is 3.43. The minimum atomic E-state index is -0.312. The van der Waals surface area contributed by atoms with E-state index in [-0.39, 0.29) is 5.97 Å². The molecule has 3 aromatic rings. The first-order valence-corrected chi connectivity index (χ1v) is 8.33. The maximum atomic E-state index is 11.5. The maximum Gasteiger partial charge on any atom is 0.337 e. The molecule has 4 heteroatoms. The summed E-state index contributed by atoms with van der Waals surface area (Å²) < 4.78 is 5.79. The van der Waals surface area contributed by atoms with E-state index in [4.69, 9.17) is 4.74 Å².